The van der Waals surface area contributed by atoms with E-state index in [1.165, 1.54) is 16.8 Å². The fourth-order valence-electron chi connectivity index (χ4n) is 1.55. The zero-order chi connectivity index (χ0) is 14.7. The molecule has 0 spiro atoms. The first-order valence-electron chi connectivity index (χ1n) is 5.56. The average molecular weight is 339 g/mol. The number of hydrogen-bond donors (Lipinski definition) is 3. The van der Waals surface area contributed by atoms with Gasteiger partial charge in [0.2, 0.25) is 0 Å². The van der Waals surface area contributed by atoms with Crippen molar-refractivity contribution in [3.8, 4) is 0 Å². The molecule has 0 aliphatic rings. The van der Waals surface area contributed by atoms with E-state index in [1.807, 2.05) is 0 Å². The van der Waals surface area contributed by atoms with Gasteiger partial charge in [-0.1, -0.05) is 15.9 Å². The quantitative estimate of drug-likeness (QED) is 0.801. The molecule has 0 saturated carbocycles. The third-order valence-electron chi connectivity index (χ3n) is 2.42. The molecule has 1 aromatic carbocycles. The lowest BCUT2D eigenvalue weighted by Crippen LogP contribution is -2.21. The number of nitrogens with one attached hydrogen (secondary N) is 2. The highest BCUT2D eigenvalue weighted by molar-refractivity contribution is 9.10. The van der Waals surface area contributed by atoms with Crippen molar-refractivity contribution in [1.29, 1.82) is 0 Å². The van der Waals surface area contributed by atoms with Crippen LogP contribution in [-0.2, 0) is 7.05 Å². The van der Waals surface area contributed by atoms with E-state index in [0.717, 1.165) is 0 Å². The number of carboxylic acids is 1. The zero-order valence-corrected chi connectivity index (χ0v) is 12.0. The van der Waals surface area contributed by atoms with Crippen LogP contribution in [-0.4, -0.2) is 26.9 Å². The summed E-state index contributed by atoms with van der Waals surface area (Å²) in [5, 5.41) is 18.1. The van der Waals surface area contributed by atoms with Gasteiger partial charge in [-0.25, -0.2) is 9.59 Å². The third kappa shape index (κ3) is 3.35. The topological polar surface area (TPSA) is 96.2 Å². The van der Waals surface area contributed by atoms with Crippen LogP contribution in [0.1, 0.15) is 10.4 Å². The molecule has 1 heterocycles. The third-order valence-corrected chi connectivity index (χ3v) is 2.91. The summed E-state index contributed by atoms with van der Waals surface area (Å²) in [7, 11) is 1.72. The molecule has 1 aromatic heterocycles. The van der Waals surface area contributed by atoms with Crippen LogP contribution in [0.4, 0.5) is 16.3 Å². The number of hydrogen-bond acceptors (Lipinski definition) is 3. The van der Waals surface area contributed by atoms with Crippen LogP contribution < -0.4 is 10.6 Å². The van der Waals surface area contributed by atoms with Crippen LogP contribution in [0.15, 0.2) is 34.9 Å². The first-order chi connectivity index (χ1) is 9.45. The van der Waals surface area contributed by atoms with Crippen LogP contribution in [0.5, 0.6) is 0 Å². The molecule has 0 aliphatic carbocycles. The predicted octanol–water partition coefficient (Wildman–Crippen LogP) is 2.52. The number of rotatable bonds is 3. The Balaban J connectivity index is 2.13. The number of nitrogens with zero attached hydrogens (tertiary/aromatic N) is 2. The van der Waals surface area contributed by atoms with Crippen molar-refractivity contribution < 1.29 is 14.7 Å². The number of urea groups is 1. The largest absolute Gasteiger partial charge is 0.478 e. The molecule has 2 amide bonds. The van der Waals surface area contributed by atoms with Crippen LogP contribution in [0.2, 0.25) is 0 Å². The highest BCUT2D eigenvalue weighted by Crippen LogP contribution is 2.21. The Bertz CT molecular complexity index is 668. The molecule has 7 nitrogen and oxygen atoms in total. The maximum Gasteiger partial charge on any atom is 0.337 e. The Labute approximate surface area is 122 Å². The van der Waals surface area contributed by atoms with Crippen LogP contribution >= 0.6 is 15.9 Å². The summed E-state index contributed by atoms with van der Waals surface area (Å²) in [6, 6.07) is 5.63. The van der Waals surface area contributed by atoms with Crippen molar-refractivity contribution in [3.05, 3.63) is 40.5 Å². The summed E-state index contributed by atoms with van der Waals surface area (Å²) < 4.78 is 2.16. The number of aromatic carboxylic acids is 1. The van der Waals surface area contributed by atoms with Gasteiger partial charge in [-0.2, -0.15) is 5.10 Å². The Kier molecular flexibility index (Phi) is 4.04. The number of benzene rings is 1. The molecule has 2 rings (SSSR count). The van der Waals surface area contributed by atoms with E-state index in [2.05, 4.69) is 31.7 Å². The van der Waals surface area contributed by atoms with Crippen LogP contribution in [0.3, 0.4) is 0 Å². The normalized spacial score (nSPS) is 10.1. The molecule has 20 heavy (non-hydrogen) atoms. The van der Waals surface area contributed by atoms with Crippen molar-refractivity contribution >= 4 is 39.4 Å². The first kappa shape index (κ1) is 14.1. The van der Waals surface area contributed by atoms with Gasteiger partial charge < -0.3 is 10.4 Å². The van der Waals surface area contributed by atoms with Crippen LogP contribution in [0, 0.1) is 0 Å². The second-order valence-electron chi connectivity index (χ2n) is 3.95. The first-order valence-corrected chi connectivity index (χ1v) is 6.35. The molecule has 0 bridgehead atoms. The number of carbonyl (C=O) groups excluding carboxylic acids is 1. The Morgan fingerprint density at radius 3 is 2.65 bits per heavy atom. The monoisotopic (exact) mass is 338 g/mol. The van der Waals surface area contributed by atoms with E-state index in [9.17, 15) is 9.59 Å². The lowest BCUT2D eigenvalue weighted by Gasteiger charge is -2.09. The fourth-order valence-corrected chi connectivity index (χ4v) is 1.92. The van der Waals surface area contributed by atoms with Gasteiger partial charge in [0.25, 0.3) is 0 Å². The van der Waals surface area contributed by atoms with Crippen molar-refractivity contribution in [2.45, 2.75) is 0 Å². The Hall–Kier alpha value is -2.35. The lowest BCUT2D eigenvalue weighted by molar-refractivity contribution is 0.0698. The maximum absolute atomic E-state index is 11.8. The van der Waals surface area contributed by atoms with Crippen molar-refractivity contribution in [2.75, 3.05) is 10.6 Å². The number of anilines is 2. The predicted molar refractivity (Wildman–Crippen MR) is 77.0 cm³/mol. The highest BCUT2D eigenvalue weighted by Gasteiger charge is 2.13. The number of aromatic nitrogens is 2. The van der Waals surface area contributed by atoms with E-state index in [1.54, 1.807) is 25.4 Å². The number of halogens is 1. The van der Waals surface area contributed by atoms with Gasteiger partial charge in [0.15, 0.2) is 5.82 Å². The van der Waals surface area contributed by atoms with Crippen LogP contribution in [0.25, 0.3) is 0 Å². The van der Waals surface area contributed by atoms with Gasteiger partial charge in [0.05, 0.1) is 11.3 Å². The van der Waals surface area contributed by atoms with Gasteiger partial charge in [-0.15, -0.1) is 0 Å². The Morgan fingerprint density at radius 2 is 2.05 bits per heavy atom. The molecule has 0 atom stereocenters. The maximum atomic E-state index is 11.8. The molecular weight excluding hydrogens is 328 g/mol. The summed E-state index contributed by atoms with van der Waals surface area (Å²) in [5.41, 5.74) is 0.199. The van der Waals surface area contributed by atoms with Crippen molar-refractivity contribution in [2.24, 2.45) is 7.05 Å². The summed E-state index contributed by atoms with van der Waals surface area (Å²) in [5.74, 6) is -0.751. The van der Waals surface area contributed by atoms with E-state index in [0.29, 0.717) is 10.3 Å². The number of aryl methyl sites for hydroxylation is 1. The lowest BCUT2D eigenvalue weighted by atomic mass is 10.2. The summed E-state index contributed by atoms with van der Waals surface area (Å²) in [6.07, 6.45) is 1.68. The summed E-state index contributed by atoms with van der Waals surface area (Å²) >= 11 is 3.18. The number of amides is 2. The van der Waals surface area contributed by atoms with Gasteiger partial charge in [0.1, 0.15) is 0 Å². The minimum Gasteiger partial charge on any atom is -0.478 e. The van der Waals surface area contributed by atoms with Crippen molar-refractivity contribution in [1.82, 2.24) is 9.78 Å². The SMILES string of the molecule is Cn1ccc(NC(=O)Nc2ccc(Br)cc2C(=O)O)n1. The van der Waals surface area contributed by atoms with E-state index < -0.39 is 12.0 Å². The van der Waals surface area contributed by atoms with E-state index in [4.69, 9.17) is 5.11 Å². The summed E-state index contributed by atoms with van der Waals surface area (Å²) in [6.45, 7) is 0. The number of carboxylic acid groups (broad SMARTS) is 1. The van der Waals surface area contributed by atoms with Gasteiger partial charge >= 0.3 is 12.0 Å². The zero-order valence-electron chi connectivity index (χ0n) is 10.4. The molecule has 3 N–H and O–H groups in total. The fraction of sp³-hybridized carbons (Fsp3) is 0.0833. The van der Waals surface area contributed by atoms with E-state index >= 15 is 0 Å². The molecule has 104 valence electrons. The highest BCUT2D eigenvalue weighted by atomic mass is 79.9. The molecule has 0 unspecified atom stereocenters. The minimum absolute atomic E-state index is 0.00412. The molecule has 0 saturated heterocycles. The Morgan fingerprint density at radius 1 is 1.30 bits per heavy atom. The summed E-state index contributed by atoms with van der Waals surface area (Å²) in [4.78, 5) is 22.9. The van der Waals surface area contributed by atoms with Gasteiger partial charge in [-0.05, 0) is 18.2 Å². The van der Waals surface area contributed by atoms with Gasteiger partial charge in [0, 0.05) is 23.8 Å². The smallest absolute Gasteiger partial charge is 0.337 e. The molecule has 2 aromatic rings. The standard InChI is InChI=1S/C12H11BrN4O3/c1-17-5-4-10(16-17)15-12(20)14-9-3-2-7(13)6-8(9)11(18)19/h2-6H,1H3,(H,18,19)(H2,14,15,16,20). The molecule has 0 aliphatic heterocycles. The molecule has 0 radical (unpaired) electrons. The second kappa shape index (κ2) is 5.74. The average Bonchev–Trinajstić information content (AvgIpc) is 2.76. The second-order valence-corrected chi connectivity index (χ2v) is 4.86. The molecule has 8 heteroatoms. The number of carbonyl (C=O) groups is 2. The van der Waals surface area contributed by atoms with Gasteiger partial charge in [-0.3, -0.25) is 10.00 Å². The van der Waals surface area contributed by atoms with E-state index in [-0.39, 0.29) is 11.3 Å². The van der Waals surface area contributed by atoms with Crippen molar-refractivity contribution in [3.63, 3.8) is 0 Å². The molecular formula is C12H11BrN4O3. The molecule has 0 fully saturated rings. The minimum atomic E-state index is -1.13.